The number of aliphatic hydroxyl groups is 1. The van der Waals surface area contributed by atoms with Gasteiger partial charge in [-0.3, -0.25) is 4.79 Å². The molecule has 1 amide bonds. The number of nitrogens with one attached hydrogen (secondary N) is 1. The Morgan fingerprint density at radius 2 is 1.95 bits per heavy atom. The van der Waals surface area contributed by atoms with Crippen molar-refractivity contribution in [3.05, 3.63) is 35.4 Å². The number of rotatable bonds is 6. The summed E-state index contributed by atoms with van der Waals surface area (Å²) in [7, 11) is 0. The van der Waals surface area contributed by atoms with Gasteiger partial charge in [0.05, 0.1) is 0 Å². The second-order valence-electron chi connectivity index (χ2n) is 4.35. The van der Waals surface area contributed by atoms with Crippen molar-refractivity contribution in [1.29, 1.82) is 0 Å². The van der Waals surface area contributed by atoms with E-state index in [1.807, 2.05) is 0 Å². The van der Waals surface area contributed by atoms with E-state index in [1.165, 1.54) is 12.8 Å². The van der Waals surface area contributed by atoms with Gasteiger partial charge < -0.3 is 10.4 Å². The predicted molar refractivity (Wildman–Crippen MR) is 76.9 cm³/mol. The van der Waals surface area contributed by atoms with Crippen LogP contribution < -0.4 is 5.32 Å². The molecule has 0 aliphatic carbocycles. The Kier molecular flexibility index (Phi) is 7.38. The number of carbonyl (C=O) groups excluding carboxylic acids is 1. The van der Waals surface area contributed by atoms with Gasteiger partial charge in [-0.2, -0.15) is 0 Å². The Labute approximate surface area is 115 Å². The molecule has 0 atom stereocenters. The smallest absolute Gasteiger partial charge is 0.251 e. The lowest BCUT2D eigenvalue weighted by Crippen LogP contribution is -2.24. The third kappa shape index (κ3) is 6.08. The zero-order valence-corrected chi connectivity index (χ0v) is 11.4. The summed E-state index contributed by atoms with van der Waals surface area (Å²) in [4.78, 5) is 11.8. The van der Waals surface area contributed by atoms with Crippen LogP contribution in [0.15, 0.2) is 24.3 Å². The lowest BCUT2D eigenvalue weighted by atomic mass is 10.1. The molecule has 0 radical (unpaired) electrons. The van der Waals surface area contributed by atoms with E-state index in [1.54, 1.807) is 24.3 Å². The number of carbonyl (C=O) groups is 1. The molecule has 1 rings (SSSR count). The molecule has 102 valence electrons. The lowest BCUT2D eigenvalue weighted by Gasteiger charge is -2.05. The van der Waals surface area contributed by atoms with E-state index in [0.717, 1.165) is 24.9 Å². The molecular formula is C16H21NO2. The van der Waals surface area contributed by atoms with E-state index < -0.39 is 0 Å². The maximum atomic E-state index is 11.8. The third-order valence-corrected chi connectivity index (χ3v) is 2.77. The summed E-state index contributed by atoms with van der Waals surface area (Å²) in [5, 5.41) is 11.5. The Bertz CT molecular complexity index is 440. The van der Waals surface area contributed by atoms with E-state index in [9.17, 15) is 4.79 Å². The van der Waals surface area contributed by atoms with E-state index in [-0.39, 0.29) is 12.5 Å². The topological polar surface area (TPSA) is 49.3 Å². The minimum atomic E-state index is -0.153. The number of hydrogen-bond donors (Lipinski definition) is 2. The highest BCUT2D eigenvalue weighted by Crippen LogP contribution is 2.04. The van der Waals surface area contributed by atoms with Crippen LogP contribution in [-0.2, 0) is 0 Å². The van der Waals surface area contributed by atoms with Gasteiger partial charge in [0, 0.05) is 17.7 Å². The molecule has 0 bridgehead atoms. The van der Waals surface area contributed by atoms with E-state index in [4.69, 9.17) is 5.11 Å². The highest BCUT2D eigenvalue weighted by atomic mass is 16.2. The van der Waals surface area contributed by atoms with Crippen LogP contribution in [0.3, 0.4) is 0 Å². The standard InChI is InChI=1S/C16H21NO2/c1-2-3-4-5-12-17-16(19)15-10-8-14(9-11-15)7-6-13-18/h8-11,18H,2-5,12-13H2,1H3,(H,17,19). The minimum absolute atomic E-state index is 0.0434. The fraction of sp³-hybridized carbons (Fsp3) is 0.438. The Balaban J connectivity index is 2.40. The molecule has 3 nitrogen and oxygen atoms in total. The highest BCUT2D eigenvalue weighted by molar-refractivity contribution is 5.94. The van der Waals surface area contributed by atoms with Gasteiger partial charge >= 0.3 is 0 Å². The summed E-state index contributed by atoms with van der Waals surface area (Å²) in [6.07, 6.45) is 4.60. The molecule has 0 spiro atoms. The maximum Gasteiger partial charge on any atom is 0.251 e. The quantitative estimate of drug-likeness (QED) is 0.608. The number of amides is 1. The second-order valence-corrected chi connectivity index (χ2v) is 4.35. The van der Waals surface area contributed by atoms with Crippen LogP contribution in [0.2, 0.25) is 0 Å². The van der Waals surface area contributed by atoms with Gasteiger partial charge in [-0.25, -0.2) is 0 Å². The first-order valence-electron chi connectivity index (χ1n) is 6.76. The molecule has 1 aromatic rings. The number of unbranched alkanes of at least 4 members (excludes halogenated alkanes) is 3. The minimum Gasteiger partial charge on any atom is -0.384 e. The van der Waals surface area contributed by atoms with E-state index in [0.29, 0.717) is 5.56 Å². The summed E-state index contributed by atoms with van der Waals surface area (Å²) in [5.74, 6) is 5.32. The third-order valence-electron chi connectivity index (χ3n) is 2.77. The normalized spacial score (nSPS) is 9.58. The Morgan fingerprint density at radius 1 is 1.21 bits per heavy atom. The molecule has 0 fully saturated rings. The van der Waals surface area contributed by atoms with Crippen molar-refractivity contribution in [3.63, 3.8) is 0 Å². The molecule has 0 heterocycles. The van der Waals surface area contributed by atoms with E-state index in [2.05, 4.69) is 24.1 Å². The van der Waals surface area contributed by atoms with Crippen molar-refractivity contribution in [2.45, 2.75) is 32.6 Å². The van der Waals surface area contributed by atoms with Gasteiger partial charge in [0.15, 0.2) is 0 Å². The van der Waals surface area contributed by atoms with Crippen LogP contribution in [0.25, 0.3) is 0 Å². The first-order valence-corrected chi connectivity index (χ1v) is 6.76. The van der Waals surface area contributed by atoms with Crippen LogP contribution in [-0.4, -0.2) is 24.2 Å². The second kappa shape index (κ2) is 9.18. The molecule has 0 unspecified atom stereocenters. The average Bonchev–Trinajstić information content (AvgIpc) is 2.45. The van der Waals surface area contributed by atoms with E-state index >= 15 is 0 Å². The fourth-order valence-corrected chi connectivity index (χ4v) is 1.70. The van der Waals surface area contributed by atoms with Crippen molar-refractivity contribution < 1.29 is 9.90 Å². The highest BCUT2D eigenvalue weighted by Gasteiger charge is 2.03. The Morgan fingerprint density at radius 3 is 2.58 bits per heavy atom. The predicted octanol–water partition coefficient (Wildman–Crippen LogP) is 2.34. The van der Waals surface area contributed by atoms with Gasteiger partial charge in [0.1, 0.15) is 6.61 Å². The van der Waals surface area contributed by atoms with Gasteiger partial charge in [-0.15, -0.1) is 0 Å². The SMILES string of the molecule is CCCCCCNC(=O)c1ccc(C#CCO)cc1. The molecule has 2 N–H and O–H groups in total. The lowest BCUT2D eigenvalue weighted by molar-refractivity contribution is 0.0953. The summed E-state index contributed by atoms with van der Waals surface area (Å²) in [5.41, 5.74) is 1.44. The van der Waals surface area contributed by atoms with Crippen molar-refractivity contribution in [2.24, 2.45) is 0 Å². The molecule has 3 heteroatoms. The number of aliphatic hydroxyl groups excluding tert-OH is 1. The van der Waals surface area contributed by atoms with Crippen LogP contribution in [0.1, 0.15) is 48.5 Å². The van der Waals surface area contributed by atoms with Crippen LogP contribution >= 0.6 is 0 Å². The molecule has 0 aliphatic heterocycles. The van der Waals surface area contributed by atoms with Gasteiger partial charge in [0.25, 0.3) is 5.91 Å². The summed E-state index contributed by atoms with van der Waals surface area (Å²) >= 11 is 0. The summed E-state index contributed by atoms with van der Waals surface area (Å²) in [6, 6.07) is 7.08. The molecule has 1 aromatic carbocycles. The summed E-state index contributed by atoms with van der Waals surface area (Å²) < 4.78 is 0. The van der Waals surface area contributed by atoms with Crippen molar-refractivity contribution in [2.75, 3.05) is 13.2 Å². The zero-order valence-electron chi connectivity index (χ0n) is 11.4. The molecule has 0 aromatic heterocycles. The first-order chi connectivity index (χ1) is 9.27. The molecule has 0 saturated heterocycles. The fourth-order valence-electron chi connectivity index (χ4n) is 1.70. The van der Waals surface area contributed by atoms with Crippen molar-refractivity contribution >= 4 is 5.91 Å². The molecule has 0 aliphatic rings. The number of hydrogen-bond acceptors (Lipinski definition) is 2. The largest absolute Gasteiger partial charge is 0.384 e. The average molecular weight is 259 g/mol. The Hall–Kier alpha value is -1.79. The van der Waals surface area contributed by atoms with Crippen LogP contribution in [0.4, 0.5) is 0 Å². The van der Waals surface area contributed by atoms with Gasteiger partial charge in [0.2, 0.25) is 0 Å². The number of benzene rings is 1. The van der Waals surface area contributed by atoms with Crippen LogP contribution in [0.5, 0.6) is 0 Å². The monoisotopic (exact) mass is 259 g/mol. The summed E-state index contributed by atoms with van der Waals surface area (Å²) in [6.45, 7) is 2.74. The van der Waals surface area contributed by atoms with Crippen molar-refractivity contribution in [3.8, 4) is 11.8 Å². The molecule has 0 saturated carbocycles. The maximum absolute atomic E-state index is 11.8. The van der Waals surface area contributed by atoms with Crippen LogP contribution in [0, 0.1) is 11.8 Å². The first kappa shape index (κ1) is 15.3. The van der Waals surface area contributed by atoms with Gasteiger partial charge in [-0.05, 0) is 30.7 Å². The van der Waals surface area contributed by atoms with Crippen molar-refractivity contribution in [1.82, 2.24) is 5.32 Å². The molecule has 19 heavy (non-hydrogen) atoms. The zero-order chi connectivity index (χ0) is 13.9. The molecular weight excluding hydrogens is 238 g/mol. The van der Waals surface area contributed by atoms with Gasteiger partial charge in [-0.1, -0.05) is 38.0 Å².